The zero-order valence-electron chi connectivity index (χ0n) is 11.6. The van der Waals surface area contributed by atoms with Crippen molar-refractivity contribution in [3.8, 4) is 0 Å². The van der Waals surface area contributed by atoms with Crippen LogP contribution in [0.25, 0.3) is 0 Å². The maximum absolute atomic E-state index is 12.2. The van der Waals surface area contributed by atoms with Gasteiger partial charge in [-0.25, -0.2) is 4.79 Å². The van der Waals surface area contributed by atoms with Gasteiger partial charge >= 0.3 is 6.09 Å². The van der Waals surface area contributed by atoms with Crippen molar-refractivity contribution in [3.05, 3.63) is 0 Å². The highest BCUT2D eigenvalue weighted by Gasteiger charge is 2.34. The molecule has 4 nitrogen and oxygen atoms in total. The number of hydrogen-bond donors (Lipinski definition) is 1. The van der Waals surface area contributed by atoms with Crippen molar-refractivity contribution in [2.75, 3.05) is 19.6 Å². The van der Waals surface area contributed by atoms with Crippen LogP contribution in [0.4, 0.5) is 4.79 Å². The average molecular weight is 277 g/mol. The van der Waals surface area contributed by atoms with Crippen molar-refractivity contribution in [3.63, 3.8) is 0 Å². The Labute approximate surface area is 116 Å². The molecule has 1 N–H and O–H groups in total. The number of nitrogens with zero attached hydrogens (tertiary/aromatic N) is 1. The number of rotatable bonds is 0. The van der Waals surface area contributed by atoms with Gasteiger partial charge in [0, 0.05) is 19.1 Å². The second-order valence-corrected chi connectivity index (χ2v) is 6.24. The molecule has 0 saturated carbocycles. The van der Waals surface area contributed by atoms with Crippen LogP contribution in [0.3, 0.4) is 0 Å². The van der Waals surface area contributed by atoms with Crippen LogP contribution in [0.1, 0.15) is 40.0 Å². The van der Waals surface area contributed by atoms with Crippen LogP contribution in [-0.2, 0) is 4.74 Å². The number of halogens is 1. The molecule has 0 unspecified atom stereocenters. The Kier molecular flexibility index (Phi) is 5.29. The largest absolute Gasteiger partial charge is 0.444 e. The van der Waals surface area contributed by atoms with Gasteiger partial charge in [-0.15, -0.1) is 12.4 Å². The molecule has 2 rings (SSSR count). The fourth-order valence-electron chi connectivity index (χ4n) is 2.69. The monoisotopic (exact) mass is 276 g/mol. The summed E-state index contributed by atoms with van der Waals surface area (Å²) in [5.41, 5.74) is -0.398. The van der Waals surface area contributed by atoms with Crippen molar-refractivity contribution in [2.45, 2.75) is 51.7 Å². The summed E-state index contributed by atoms with van der Waals surface area (Å²) in [6.07, 6.45) is 3.42. The summed E-state index contributed by atoms with van der Waals surface area (Å²) in [7, 11) is 0. The van der Waals surface area contributed by atoms with Gasteiger partial charge in [0.05, 0.1) is 0 Å². The predicted octanol–water partition coefficient (Wildman–Crippen LogP) is 2.42. The Hall–Kier alpha value is -0.480. The van der Waals surface area contributed by atoms with Crippen LogP contribution in [0.2, 0.25) is 0 Å². The average Bonchev–Trinajstić information content (AvgIpc) is 2.44. The van der Waals surface area contributed by atoms with Gasteiger partial charge in [-0.1, -0.05) is 6.42 Å². The number of fused-ring (bicyclic) bond motifs is 3. The van der Waals surface area contributed by atoms with E-state index in [1.54, 1.807) is 0 Å². The van der Waals surface area contributed by atoms with Gasteiger partial charge in [-0.2, -0.15) is 0 Å². The maximum atomic E-state index is 12.2. The molecule has 5 heteroatoms. The van der Waals surface area contributed by atoms with Gasteiger partial charge in [0.2, 0.25) is 0 Å². The first-order valence-corrected chi connectivity index (χ1v) is 6.66. The molecule has 0 aromatic rings. The zero-order valence-corrected chi connectivity index (χ0v) is 12.4. The molecule has 1 amide bonds. The van der Waals surface area contributed by atoms with Crippen LogP contribution in [-0.4, -0.2) is 42.3 Å². The normalized spacial score (nSPS) is 28.1. The van der Waals surface area contributed by atoms with E-state index in [0.29, 0.717) is 12.0 Å². The maximum Gasteiger partial charge on any atom is 0.410 e. The first-order valence-electron chi connectivity index (χ1n) is 6.66. The van der Waals surface area contributed by atoms with Crippen molar-refractivity contribution in [2.24, 2.45) is 5.92 Å². The minimum absolute atomic E-state index is 0. The Morgan fingerprint density at radius 1 is 1.28 bits per heavy atom. The molecule has 0 spiro atoms. The summed E-state index contributed by atoms with van der Waals surface area (Å²) in [6.45, 7) is 8.57. The highest BCUT2D eigenvalue weighted by Crippen LogP contribution is 2.25. The number of hydrogen-bond acceptors (Lipinski definition) is 3. The van der Waals surface area contributed by atoms with E-state index >= 15 is 0 Å². The highest BCUT2D eigenvalue weighted by atomic mass is 35.5. The van der Waals surface area contributed by atoms with E-state index in [9.17, 15) is 4.79 Å². The lowest BCUT2D eigenvalue weighted by molar-refractivity contribution is 0.0166. The summed E-state index contributed by atoms with van der Waals surface area (Å²) in [5.74, 6) is 0.593. The van der Waals surface area contributed by atoms with Crippen LogP contribution in [0, 0.1) is 5.92 Å². The van der Waals surface area contributed by atoms with E-state index in [1.165, 1.54) is 12.8 Å². The Morgan fingerprint density at radius 3 is 2.67 bits per heavy atom. The minimum atomic E-state index is -0.398. The van der Waals surface area contributed by atoms with Gasteiger partial charge in [-0.3, -0.25) is 0 Å². The molecule has 0 aromatic heterocycles. The van der Waals surface area contributed by atoms with E-state index in [0.717, 1.165) is 26.1 Å². The summed E-state index contributed by atoms with van der Waals surface area (Å²) in [4.78, 5) is 14.1. The summed E-state index contributed by atoms with van der Waals surface area (Å²) in [6, 6.07) is 0.317. The van der Waals surface area contributed by atoms with E-state index in [1.807, 2.05) is 25.7 Å². The van der Waals surface area contributed by atoms with Crippen LogP contribution < -0.4 is 5.32 Å². The molecule has 2 fully saturated rings. The van der Waals surface area contributed by atoms with Gasteiger partial charge < -0.3 is 15.0 Å². The van der Waals surface area contributed by atoms with Gasteiger partial charge in [0.15, 0.2) is 0 Å². The van der Waals surface area contributed by atoms with Gasteiger partial charge in [0.1, 0.15) is 5.60 Å². The smallest absolute Gasteiger partial charge is 0.410 e. The molecule has 0 aromatic carbocycles. The van der Waals surface area contributed by atoms with Crippen LogP contribution in [0.5, 0.6) is 0 Å². The minimum Gasteiger partial charge on any atom is -0.444 e. The first kappa shape index (κ1) is 15.6. The fraction of sp³-hybridized carbons (Fsp3) is 0.923. The van der Waals surface area contributed by atoms with Crippen molar-refractivity contribution < 1.29 is 9.53 Å². The van der Waals surface area contributed by atoms with Crippen LogP contribution >= 0.6 is 12.4 Å². The van der Waals surface area contributed by atoms with E-state index < -0.39 is 5.60 Å². The second kappa shape index (κ2) is 6.11. The van der Waals surface area contributed by atoms with Crippen LogP contribution in [0.15, 0.2) is 0 Å². The molecule has 18 heavy (non-hydrogen) atoms. The molecule has 2 aliphatic rings. The summed E-state index contributed by atoms with van der Waals surface area (Å²) in [5, 5.41) is 3.45. The number of nitrogens with one attached hydrogen (secondary N) is 1. The predicted molar refractivity (Wildman–Crippen MR) is 74.2 cm³/mol. The molecule has 2 atom stereocenters. The zero-order chi connectivity index (χ0) is 12.5. The number of amides is 1. The summed E-state index contributed by atoms with van der Waals surface area (Å²) < 4.78 is 5.50. The third-order valence-electron chi connectivity index (χ3n) is 3.49. The molecule has 2 saturated heterocycles. The highest BCUT2D eigenvalue weighted by molar-refractivity contribution is 5.85. The number of carbonyl (C=O) groups excluding carboxylic acids is 1. The standard InChI is InChI=1S/C13H24N2O2.ClH/c1-13(2,3)17-12(16)15-9-10-5-4-6-11(15)8-14-7-10;/h10-11,14H,4-9H2,1-3H3;1H/t10-,11+;/m1./s1. The molecular weight excluding hydrogens is 252 g/mol. The molecule has 0 aliphatic carbocycles. The summed E-state index contributed by atoms with van der Waals surface area (Å²) >= 11 is 0. The number of ether oxygens (including phenoxy) is 1. The lowest BCUT2D eigenvalue weighted by Crippen LogP contribution is -2.45. The van der Waals surface area contributed by atoms with E-state index in [2.05, 4.69) is 5.32 Å². The molecule has 106 valence electrons. The number of carbonyl (C=O) groups is 1. The quantitative estimate of drug-likeness (QED) is 0.739. The lowest BCUT2D eigenvalue weighted by Gasteiger charge is -2.31. The SMILES string of the molecule is CC(C)(C)OC(=O)N1C[C@@H]2CCC[C@H]1CNC2.Cl. The lowest BCUT2D eigenvalue weighted by atomic mass is 10.0. The molecule has 2 heterocycles. The third kappa shape index (κ3) is 4.02. The Bertz CT molecular complexity index is 281. The van der Waals surface area contributed by atoms with E-state index in [4.69, 9.17) is 4.74 Å². The molecule has 0 radical (unpaired) electrons. The molecular formula is C13H25ClN2O2. The first-order chi connectivity index (χ1) is 7.96. The molecule has 2 aliphatic heterocycles. The third-order valence-corrected chi connectivity index (χ3v) is 3.49. The van der Waals surface area contributed by atoms with E-state index in [-0.39, 0.29) is 18.5 Å². The topological polar surface area (TPSA) is 41.6 Å². The van der Waals surface area contributed by atoms with Crippen molar-refractivity contribution in [1.82, 2.24) is 10.2 Å². The fourth-order valence-corrected chi connectivity index (χ4v) is 2.69. The van der Waals surface area contributed by atoms with Gasteiger partial charge in [0.25, 0.3) is 0 Å². The van der Waals surface area contributed by atoms with Crippen molar-refractivity contribution in [1.29, 1.82) is 0 Å². The Morgan fingerprint density at radius 2 is 2.00 bits per heavy atom. The second-order valence-electron chi connectivity index (χ2n) is 6.24. The molecule has 2 bridgehead atoms. The Balaban J connectivity index is 0.00000162. The van der Waals surface area contributed by atoms with Gasteiger partial charge in [-0.05, 0) is 46.1 Å². The van der Waals surface area contributed by atoms with Crippen molar-refractivity contribution >= 4 is 18.5 Å².